The third kappa shape index (κ3) is 3.69. The van der Waals surface area contributed by atoms with Gasteiger partial charge < -0.3 is 10.2 Å². The van der Waals surface area contributed by atoms with E-state index in [9.17, 15) is 10.2 Å². The number of hydrogen-bond donors (Lipinski definition) is 2. The lowest BCUT2D eigenvalue weighted by Gasteiger charge is -2.15. The van der Waals surface area contributed by atoms with Crippen LogP contribution < -0.4 is 0 Å². The molecular weight excluding hydrogens is 264 g/mol. The second-order valence-corrected chi connectivity index (χ2v) is 5.27. The first kappa shape index (κ1) is 12.2. The Bertz CT molecular complexity index is 275. The van der Waals surface area contributed by atoms with Crippen molar-refractivity contribution in [1.29, 1.82) is 0 Å². The summed E-state index contributed by atoms with van der Waals surface area (Å²) in [5.74, 6) is 0. The molecule has 0 bridgehead atoms. The maximum Gasteiger partial charge on any atom is 0.0847 e. The van der Waals surface area contributed by atoms with Gasteiger partial charge >= 0.3 is 0 Å². The molecule has 1 aromatic heterocycles. The fraction of sp³-hybridized carbons (Fsp3) is 0.600. The first-order valence-electron chi connectivity index (χ1n) is 4.72. The highest BCUT2D eigenvalue weighted by Crippen LogP contribution is 2.22. The molecule has 0 saturated carbocycles. The molecule has 80 valence electrons. The van der Waals surface area contributed by atoms with Gasteiger partial charge in [-0.3, -0.25) is 0 Å². The summed E-state index contributed by atoms with van der Waals surface area (Å²) in [6.45, 7) is 2.00. The molecule has 2 N–H and O–H groups in total. The Morgan fingerprint density at radius 1 is 1.43 bits per heavy atom. The third-order valence-corrected chi connectivity index (χ3v) is 3.78. The van der Waals surface area contributed by atoms with Gasteiger partial charge in [-0.1, -0.05) is 13.3 Å². The molecule has 0 amide bonds. The Labute approximate surface area is 96.7 Å². The Balaban J connectivity index is 2.43. The van der Waals surface area contributed by atoms with Crippen molar-refractivity contribution in [2.75, 3.05) is 0 Å². The van der Waals surface area contributed by atoms with E-state index >= 15 is 0 Å². The minimum Gasteiger partial charge on any atom is -0.390 e. The van der Waals surface area contributed by atoms with E-state index in [1.54, 1.807) is 11.3 Å². The second-order valence-electron chi connectivity index (χ2n) is 3.36. The van der Waals surface area contributed by atoms with Crippen LogP contribution in [0, 0.1) is 0 Å². The van der Waals surface area contributed by atoms with Crippen LogP contribution in [0.25, 0.3) is 0 Å². The van der Waals surface area contributed by atoms with E-state index in [1.807, 2.05) is 18.4 Å². The summed E-state index contributed by atoms with van der Waals surface area (Å²) in [5.41, 5.74) is 0. The highest BCUT2D eigenvalue weighted by molar-refractivity contribution is 9.10. The van der Waals surface area contributed by atoms with Crippen LogP contribution in [0.1, 0.15) is 24.6 Å². The molecule has 2 unspecified atom stereocenters. The summed E-state index contributed by atoms with van der Waals surface area (Å²) in [4.78, 5) is 1.10. The van der Waals surface area contributed by atoms with Crippen LogP contribution >= 0.6 is 27.3 Å². The summed E-state index contributed by atoms with van der Waals surface area (Å²) in [7, 11) is 0. The van der Waals surface area contributed by atoms with E-state index in [2.05, 4.69) is 15.9 Å². The third-order valence-electron chi connectivity index (χ3n) is 2.06. The van der Waals surface area contributed by atoms with Crippen molar-refractivity contribution >= 4 is 27.3 Å². The average Bonchev–Trinajstić information content (AvgIpc) is 2.51. The molecule has 1 aromatic rings. The number of thiophene rings is 1. The lowest BCUT2D eigenvalue weighted by molar-refractivity contribution is 0.0153. The highest BCUT2D eigenvalue weighted by atomic mass is 79.9. The monoisotopic (exact) mass is 278 g/mol. The van der Waals surface area contributed by atoms with Crippen LogP contribution in [0.3, 0.4) is 0 Å². The zero-order valence-corrected chi connectivity index (χ0v) is 10.5. The van der Waals surface area contributed by atoms with Crippen LogP contribution in [0.2, 0.25) is 0 Å². The van der Waals surface area contributed by atoms with Gasteiger partial charge in [-0.25, -0.2) is 0 Å². The van der Waals surface area contributed by atoms with Crippen LogP contribution in [-0.2, 0) is 6.42 Å². The van der Waals surface area contributed by atoms with Crippen molar-refractivity contribution in [3.63, 3.8) is 0 Å². The van der Waals surface area contributed by atoms with Gasteiger partial charge in [0.15, 0.2) is 0 Å². The average molecular weight is 279 g/mol. The molecule has 0 aromatic carbocycles. The number of aliphatic hydroxyl groups is 2. The topological polar surface area (TPSA) is 40.5 Å². The van der Waals surface area contributed by atoms with Crippen molar-refractivity contribution in [3.8, 4) is 0 Å². The summed E-state index contributed by atoms with van der Waals surface area (Å²) in [6, 6.07) is 1.98. The number of halogens is 1. The molecular formula is C10H15BrO2S. The smallest absolute Gasteiger partial charge is 0.0847 e. The summed E-state index contributed by atoms with van der Waals surface area (Å²) in [6.07, 6.45) is 0.860. The highest BCUT2D eigenvalue weighted by Gasteiger charge is 2.16. The Kier molecular flexibility index (Phi) is 5.09. The maximum atomic E-state index is 9.65. The second kappa shape index (κ2) is 5.85. The molecule has 0 aliphatic rings. The number of rotatable bonds is 5. The summed E-state index contributed by atoms with van der Waals surface area (Å²) < 4.78 is 1.04. The van der Waals surface area contributed by atoms with E-state index in [0.29, 0.717) is 12.8 Å². The Hall–Kier alpha value is 0.1000. The van der Waals surface area contributed by atoms with Crippen molar-refractivity contribution in [3.05, 3.63) is 20.8 Å². The molecule has 0 spiro atoms. The minimum atomic E-state index is -0.638. The Morgan fingerprint density at radius 3 is 2.64 bits per heavy atom. The molecule has 2 atom stereocenters. The van der Waals surface area contributed by atoms with Gasteiger partial charge in [0.05, 0.1) is 12.2 Å². The quantitative estimate of drug-likeness (QED) is 0.869. The molecule has 14 heavy (non-hydrogen) atoms. The summed E-state index contributed by atoms with van der Waals surface area (Å²) >= 11 is 4.95. The molecule has 2 nitrogen and oxygen atoms in total. The van der Waals surface area contributed by atoms with Gasteiger partial charge in [0.25, 0.3) is 0 Å². The molecule has 0 aliphatic carbocycles. The lowest BCUT2D eigenvalue weighted by Crippen LogP contribution is -2.27. The van der Waals surface area contributed by atoms with Crippen LogP contribution in [-0.4, -0.2) is 22.4 Å². The molecule has 4 heteroatoms. The first-order chi connectivity index (χ1) is 6.63. The van der Waals surface area contributed by atoms with Crippen LogP contribution in [0.4, 0.5) is 0 Å². The molecule has 0 saturated heterocycles. The number of hydrogen-bond acceptors (Lipinski definition) is 3. The van der Waals surface area contributed by atoms with Gasteiger partial charge in [-0.15, -0.1) is 11.3 Å². The van der Waals surface area contributed by atoms with E-state index < -0.39 is 12.2 Å². The molecule has 1 rings (SSSR count). The number of aliphatic hydroxyl groups excluding tert-OH is 2. The van der Waals surface area contributed by atoms with Gasteiger partial charge in [-0.2, -0.15) is 0 Å². The van der Waals surface area contributed by atoms with Gasteiger partial charge in [0.2, 0.25) is 0 Å². The standard InChI is InChI=1S/C10H15BrO2S/c1-2-3-9(12)10(13)5-8-4-7(11)6-14-8/h4,6,9-10,12-13H,2-3,5H2,1H3. The van der Waals surface area contributed by atoms with E-state index in [-0.39, 0.29) is 0 Å². The maximum absolute atomic E-state index is 9.65. The fourth-order valence-electron chi connectivity index (χ4n) is 1.29. The molecule has 0 fully saturated rings. The Morgan fingerprint density at radius 2 is 2.14 bits per heavy atom. The normalized spacial score (nSPS) is 15.4. The predicted molar refractivity (Wildman–Crippen MR) is 62.6 cm³/mol. The SMILES string of the molecule is CCCC(O)C(O)Cc1cc(Br)cs1. The van der Waals surface area contributed by atoms with Crippen molar-refractivity contribution in [2.45, 2.75) is 38.4 Å². The van der Waals surface area contributed by atoms with E-state index in [1.165, 1.54) is 0 Å². The zero-order valence-electron chi connectivity index (χ0n) is 8.11. The van der Waals surface area contributed by atoms with Crippen LogP contribution in [0.15, 0.2) is 15.9 Å². The van der Waals surface area contributed by atoms with Gasteiger partial charge in [0, 0.05) is 21.2 Å². The van der Waals surface area contributed by atoms with Crippen LogP contribution in [0.5, 0.6) is 0 Å². The molecule has 0 aliphatic heterocycles. The molecule has 1 heterocycles. The van der Waals surface area contributed by atoms with Gasteiger partial charge in [-0.05, 0) is 28.4 Å². The first-order valence-corrected chi connectivity index (χ1v) is 6.39. The fourth-order valence-corrected chi connectivity index (χ4v) is 2.79. The predicted octanol–water partition coefficient (Wildman–Crippen LogP) is 2.58. The summed E-state index contributed by atoms with van der Waals surface area (Å²) in [5, 5.41) is 21.2. The van der Waals surface area contributed by atoms with Gasteiger partial charge in [0.1, 0.15) is 0 Å². The van der Waals surface area contributed by atoms with E-state index in [0.717, 1.165) is 15.8 Å². The molecule has 0 radical (unpaired) electrons. The van der Waals surface area contributed by atoms with Crippen molar-refractivity contribution in [1.82, 2.24) is 0 Å². The largest absolute Gasteiger partial charge is 0.390 e. The van der Waals surface area contributed by atoms with E-state index in [4.69, 9.17) is 0 Å². The van der Waals surface area contributed by atoms with Crippen molar-refractivity contribution in [2.24, 2.45) is 0 Å². The lowest BCUT2D eigenvalue weighted by atomic mass is 10.1. The zero-order chi connectivity index (χ0) is 10.6. The van der Waals surface area contributed by atoms with Crippen molar-refractivity contribution < 1.29 is 10.2 Å². The minimum absolute atomic E-state index is 0.539.